The molecule has 5 rings (SSSR count). The normalized spacial score (nSPS) is 41.4. The number of hydrogen-bond acceptors (Lipinski definition) is 4. The molecule has 4 aliphatic rings. The monoisotopic (exact) mass is 272 g/mol. The van der Waals surface area contributed by atoms with Gasteiger partial charge in [0.05, 0.1) is 12.4 Å². The van der Waals surface area contributed by atoms with Gasteiger partial charge in [0.15, 0.2) is 5.69 Å². The summed E-state index contributed by atoms with van der Waals surface area (Å²) in [6.07, 6.45) is 7.51. The molecule has 2 unspecified atom stereocenters. The van der Waals surface area contributed by atoms with E-state index in [2.05, 4.69) is 15.3 Å². The fourth-order valence-corrected chi connectivity index (χ4v) is 4.82. The standard InChI is InChI=1S/C15H17FN4/c16-15-3-9-1-10(4-15)14(11(2-9)5-15)20-13-8-18-7-12(6-17)19-13/h7-11,14H,1-5H2,(H,19,20). The van der Waals surface area contributed by atoms with Crippen molar-refractivity contribution in [2.24, 2.45) is 17.8 Å². The summed E-state index contributed by atoms with van der Waals surface area (Å²) in [5.41, 5.74) is -0.588. The number of anilines is 1. The molecule has 4 aliphatic carbocycles. The van der Waals surface area contributed by atoms with Gasteiger partial charge in [-0.15, -0.1) is 0 Å². The average molecular weight is 272 g/mol. The van der Waals surface area contributed by atoms with Gasteiger partial charge in [-0.3, -0.25) is 4.98 Å². The molecule has 1 aromatic heterocycles. The van der Waals surface area contributed by atoms with Gasteiger partial charge in [0.2, 0.25) is 0 Å². The van der Waals surface area contributed by atoms with E-state index in [-0.39, 0.29) is 0 Å². The van der Waals surface area contributed by atoms with E-state index in [4.69, 9.17) is 5.26 Å². The predicted octanol–water partition coefficient (Wildman–Crippen LogP) is 2.68. The number of halogens is 1. The highest BCUT2D eigenvalue weighted by Gasteiger charge is 2.55. The Labute approximate surface area is 117 Å². The molecule has 104 valence electrons. The Morgan fingerprint density at radius 1 is 1.25 bits per heavy atom. The first-order valence-electron chi connectivity index (χ1n) is 7.33. The summed E-state index contributed by atoms with van der Waals surface area (Å²) in [7, 11) is 0. The number of hydrogen-bond donors (Lipinski definition) is 1. The average Bonchev–Trinajstić information content (AvgIpc) is 2.41. The number of nitrogens with zero attached hydrogens (tertiary/aromatic N) is 3. The Kier molecular flexibility index (Phi) is 2.50. The molecule has 0 aliphatic heterocycles. The van der Waals surface area contributed by atoms with E-state index < -0.39 is 5.67 Å². The number of nitrogens with one attached hydrogen (secondary N) is 1. The van der Waals surface area contributed by atoms with Crippen LogP contribution < -0.4 is 5.32 Å². The molecule has 0 aromatic carbocycles. The number of aromatic nitrogens is 2. The van der Waals surface area contributed by atoms with Crippen molar-refractivity contribution >= 4 is 5.82 Å². The summed E-state index contributed by atoms with van der Waals surface area (Å²) in [6.45, 7) is 0. The molecule has 5 heteroatoms. The molecule has 4 fully saturated rings. The van der Waals surface area contributed by atoms with Crippen molar-refractivity contribution in [3.8, 4) is 6.07 Å². The van der Waals surface area contributed by atoms with E-state index in [1.165, 1.54) is 6.20 Å². The Morgan fingerprint density at radius 3 is 2.65 bits per heavy atom. The van der Waals surface area contributed by atoms with Gasteiger partial charge in [-0.2, -0.15) is 5.26 Å². The summed E-state index contributed by atoms with van der Waals surface area (Å²) >= 11 is 0. The van der Waals surface area contributed by atoms with Crippen molar-refractivity contribution in [1.29, 1.82) is 5.26 Å². The van der Waals surface area contributed by atoms with Crippen LogP contribution in [0.4, 0.5) is 10.2 Å². The second-order valence-electron chi connectivity index (χ2n) is 6.69. The lowest BCUT2D eigenvalue weighted by Gasteiger charge is -2.57. The smallest absolute Gasteiger partial charge is 0.161 e. The summed E-state index contributed by atoms with van der Waals surface area (Å²) in [4.78, 5) is 8.26. The zero-order valence-corrected chi connectivity index (χ0v) is 11.2. The first-order chi connectivity index (χ1) is 9.65. The van der Waals surface area contributed by atoms with Crippen LogP contribution in [-0.2, 0) is 0 Å². The maximum atomic E-state index is 14.6. The zero-order chi connectivity index (χ0) is 13.7. The highest BCUT2D eigenvalue weighted by molar-refractivity contribution is 5.37. The minimum absolute atomic E-state index is 0.290. The molecule has 0 spiro atoms. The summed E-state index contributed by atoms with van der Waals surface area (Å²) in [5.74, 6) is 2.03. The molecule has 4 nitrogen and oxygen atoms in total. The molecule has 2 atom stereocenters. The van der Waals surface area contributed by atoms with Crippen LogP contribution in [0.5, 0.6) is 0 Å². The minimum Gasteiger partial charge on any atom is -0.365 e. The second-order valence-corrected chi connectivity index (χ2v) is 6.69. The molecule has 4 bridgehead atoms. The second kappa shape index (κ2) is 4.15. The zero-order valence-electron chi connectivity index (χ0n) is 11.2. The van der Waals surface area contributed by atoms with E-state index in [1.807, 2.05) is 6.07 Å². The number of rotatable bonds is 2. The Hall–Kier alpha value is -1.70. The quantitative estimate of drug-likeness (QED) is 0.899. The third kappa shape index (κ3) is 1.86. The van der Waals surface area contributed by atoms with Crippen LogP contribution in [-0.4, -0.2) is 21.7 Å². The van der Waals surface area contributed by atoms with Gasteiger partial charge in [-0.05, 0) is 49.9 Å². The van der Waals surface area contributed by atoms with Crippen molar-refractivity contribution < 1.29 is 4.39 Å². The van der Waals surface area contributed by atoms with Gasteiger partial charge in [-0.1, -0.05) is 0 Å². The van der Waals surface area contributed by atoms with Crippen LogP contribution >= 0.6 is 0 Å². The van der Waals surface area contributed by atoms with Crippen molar-refractivity contribution in [2.45, 2.75) is 43.8 Å². The van der Waals surface area contributed by atoms with Crippen molar-refractivity contribution in [2.75, 3.05) is 5.32 Å². The molecule has 1 aromatic rings. The van der Waals surface area contributed by atoms with Gasteiger partial charge in [0, 0.05) is 6.04 Å². The van der Waals surface area contributed by atoms with Gasteiger partial charge in [-0.25, -0.2) is 9.37 Å². The van der Waals surface area contributed by atoms with Crippen molar-refractivity contribution in [3.63, 3.8) is 0 Å². The minimum atomic E-state index is -0.908. The molecular formula is C15H17FN4. The highest BCUT2D eigenvalue weighted by atomic mass is 19.1. The molecule has 1 heterocycles. The fraction of sp³-hybridized carbons (Fsp3) is 0.667. The summed E-state index contributed by atoms with van der Waals surface area (Å²) in [6, 6.07) is 2.29. The van der Waals surface area contributed by atoms with Gasteiger partial charge < -0.3 is 5.32 Å². The topological polar surface area (TPSA) is 61.6 Å². The van der Waals surface area contributed by atoms with Crippen LogP contribution in [0.1, 0.15) is 37.8 Å². The lowest BCUT2D eigenvalue weighted by molar-refractivity contribution is -0.0801. The molecule has 4 saturated carbocycles. The van der Waals surface area contributed by atoms with Crippen LogP contribution in [0.15, 0.2) is 12.4 Å². The largest absolute Gasteiger partial charge is 0.365 e. The number of nitriles is 1. The first-order valence-corrected chi connectivity index (χ1v) is 7.33. The molecule has 0 saturated heterocycles. The van der Waals surface area contributed by atoms with E-state index in [1.54, 1.807) is 6.20 Å². The van der Waals surface area contributed by atoms with Gasteiger partial charge >= 0.3 is 0 Å². The third-order valence-electron chi connectivity index (χ3n) is 5.26. The lowest BCUT2D eigenvalue weighted by Crippen LogP contribution is -2.57. The van der Waals surface area contributed by atoms with Gasteiger partial charge in [0.25, 0.3) is 0 Å². The maximum absolute atomic E-state index is 14.6. The highest BCUT2D eigenvalue weighted by Crippen LogP contribution is 2.57. The molecule has 20 heavy (non-hydrogen) atoms. The third-order valence-corrected chi connectivity index (χ3v) is 5.26. The van der Waals surface area contributed by atoms with Crippen LogP contribution in [0.25, 0.3) is 0 Å². The molecule has 1 N–H and O–H groups in total. The van der Waals surface area contributed by atoms with Crippen molar-refractivity contribution in [1.82, 2.24) is 9.97 Å². The number of alkyl halides is 1. The molecule has 0 amide bonds. The van der Waals surface area contributed by atoms with Crippen molar-refractivity contribution in [3.05, 3.63) is 18.1 Å². The van der Waals surface area contributed by atoms with Crippen LogP contribution in [0.2, 0.25) is 0 Å². The predicted molar refractivity (Wildman–Crippen MR) is 71.6 cm³/mol. The molecular weight excluding hydrogens is 255 g/mol. The Balaban J connectivity index is 1.56. The Morgan fingerprint density at radius 2 is 2.00 bits per heavy atom. The SMILES string of the molecule is N#Cc1cncc(NC2C3CC4CC2CC(F)(C4)C3)n1. The molecule has 0 radical (unpaired) electrons. The first kappa shape index (κ1) is 12.1. The fourth-order valence-electron chi connectivity index (χ4n) is 4.82. The summed E-state index contributed by atoms with van der Waals surface area (Å²) < 4.78 is 14.6. The van der Waals surface area contributed by atoms with E-state index in [0.29, 0.717) is 48.1 Å². The van der Waals surface area contributed by atoms with E-state index in [0.717, 1.165) is 19.3 Å². The van der Waals surface area contributed by atoms with E-state index in [9.17, 15) is 4.39 Å². The van der Waals surface area contributed by atoms with Crippen LogP contribution in [0, 0.1) is 29.1 Å². The van der Waals surface area contributed by atoms with Gasteiger partial charge in [0.1, 0.15) is 17.6 Å². The Bertz CT molecular complexity index is 565. The lowest BCUT2D eigenvalue weighted by atomic mass is 9.53. The van der Waals surface area contributed by atoms with Crippen LogP contribution in [0.3, 0.4) is 0 Å². The summed E-state index contributed by atoms with van der Waals surface area (Å²) in [5, 5.41) is 12.3. The maximum Gasteiger partial charge on any atom is 0.161 e. The van der Waals surface area contributed by atoms with E-state index >= 15 is 0 Å².